The molecule has 1 aliphatic heterocycles. The van der Waals surface area contributed by atoms with E-state index in [-0.39, 0.29) is 22.4 Å². The van der Waals surface area contributed by atoms with Gasteiger partial charge < -0.3 is 14.9 Å². The summed E-state index contributed by atoms with van der Waals surface area (Å²) in [6, 6.07) is 0. The number of aliphatic carboxylic acids is 1. The van der Waals surface area contributed by atoms with Crippen molar-refractivity contribution in [2.24, 2.45) is 0 Å². The summed E-state index contributed by atoms with van der Waals surface area (Å²) in [5.74, 6) is -2.53. The molecular weight excluding hydrogens is 289 g/mol. The number of amides is 2. The van der Waals surface area contributed by atoms with Crippen molar-refractivity contribution < 1.29 is 32.7 Å². The Kier molecular flexibility index (Phi) is 5.04. The fourth-order valence-electron chi connectivity index (χ4n) is 1.42. The molecule has 0 aromatic carbocycles. The Morgan fingerprint density at radius 2 is 2.05 bits per heavy atom. The summed E-state index contributed by atoms with van der Waals surface area (Å²) in [6.45, 7) is -3.23. The van der Waals surface area contributed by atoms with Crippen LogP contribution in [0.5, 0.6) is 0 Å². The number of nitrogens with zero attached hydrogens (tertiary/aromatic N) is 2. The maximum Gasteiger partial charge on any atom is 0.406 e. The van der Waals surface area contributed by atoms with Crippen LogP contribution in [0.1, 0.15) is 0 Å². The number of hydrogen-bond acceptors (Lipinski definition) is 4. The average molecular weight is 300 g/mol. The van der Waals surface area contributed by atoms with Crippen molar-refractivity contribution in [1.82, 2.24) is 9.80 Å². The number of alkyl halides is 3. The van der Waals surface area contributed by atoms with Crippen molar-refractivity contribution in [3.05, 3.63) is 0 Å². The van der Waals surface area contributed by atoms with Gasteiger partial charge in [0.15, 0.2) is 0 Å². The van der Waals surface area contributed by atoms with Gasteiger partial charge >= 0.3 is 12.1 Å². The molecule has 2 amide bonds. The summed E-state index contributed by atoms with van der Waals surface area (Å²) < 4.78 is 36.7. The summed E-state index contributed by atoms with van der Waals surface area (Å²) in [4.78, 5) is 34.6. The Balaban J connectivity index is 2.65. The van der Waals surface area contributed by atoms with E-state index in [1.54, 1.807) is 0 Å². The topological polar surface area (TPSA) is 77.9 Å². The first-order valence-corrected chi connectivity index (χ1v) is 6.26. The van der Waals surface area contributed by atoms with Gasteiger partial charge in [-0.05, 0) is 0 Å². The molecule has 0 saturated carbocycles. The van der Waals surface area contributed by atoms with Crippen molar-refractivity contribution in [1.29, 1.82) is 0 Å². The number of rotatable bonds is 5. The third-order valence-electron chi connectivity index (χ3n) is 2.20. The van der Waals surface area contributed by atoms with Gasteiger partial charge in [0, 0.05) is 0 Å². The SMILES string of the molecule is O=C(O)CN(CC(F)(F)F)C(=O)CN1CSCC1=O. The van der Waals surface area contributed by atoms with Gasteiger partial charge in [0.05, 0.1) is 11.6 Å². The van der Waals surface area contributed by atoms with E-state index in [9.17, 15) is 27.6 Å². The summed E-state index contributed by atoms with van der Waals surface area (Å²) >= 11 is 1.24. The Morgan fingerprint density at radius 3 is 2.47 bits per heavy atom. The fraction of sp³-hybridized carbons (Fsp3) is 0.667. The van der Waals surface area contributed by atoms with Crippen LogP contribution < -0.4 is 0 Å². The first-order valence-electron chi connectivity index (χ1n) is 5.11. The van der Waals surface area contributed by atoms with Crippen LogP contribution in [-0.4, -0.2) is 70.1 Å². The van der Waals surface area contributed by atoms with Gasteiger partial charge in [-0.15, -0.1) is 11.8 Å². The zero-order valence-electron chi connectivity index (χ0n) is 9.64. The minimum atomic E-state index is -4.69. The second-order valence-corrected chi connectivity index (χ2v) is 4.78. The lowest BCUT2D eigenvalue weighted by atomic mass is 10.4. The minimum Gasteiger partial charge on any atom is -0.480 e. The Bertz CT molecular complexity index is 388. The number of carbonyl (C=O) groups excluding carboxylic acids is 2. The minimum absolute atomic E-state index is 0.172. The molecular formula is C9H11F3N2O4S. The van der Waals surface area contributed by atoms with Crippen molar-refractivity contribution in [2.45, 2.75) is 6.18 Å². The summed E-state index contributed by atoms with van der Waals surface area (Å²) in [5.41, 5.74) is 0. The number of halogens is 3. The summed E-state index contributed by atoms with van der Waals surface area (Å²) in [6.07, 6.45) is -4.69. The highest BCUT2D eigenvalue weighted by atomic mass is 32.2. The molecule has 0 bridgehead atoms. The van der Waals surface area contributed by atoms with Crippen molar-refractivity contribution in [3.8, 4) is 0 Å². The van der Waals surface area contributed by atoms with Crippen molar-refractivity contribution in [2.75, 3.05) is 31.3 Å². The highest BCUT2D eigenvalue weighted by Crippen LogP contribution is 2.18. The van der Waals surface area contributed by atoms with E-state index >= 15 is 0 Å². The normalized spacial score (nSPS) is 15.7. The van der Waals surface area contributed by atoms with Gasteiger partial charge in [0.25, 0.3) is 0 Å². The number of carboxylic acid groups (broad SMARTS) is 1. The van der Waals surface area contributed by atoms with Crippen LogP contribution in [0.15, 0.2) is 0 Å². The van der Waals surface area contributed by atoms with Crippen LogP contribution in [0.3, 0.4) is 0 Å². The zero-order chi connectivity index (χ0) is 14.6. The van der Waals surface area contributed by atoms with E-state index < -0.39 is 37.7 Å². The Labute approximate surface area is 110 Å². The van der Waals surface area contributed by atoms with Crippen LogP contribution in [0.2, 0.25) is 0 Å². The van der Waals surface area contributed by atoms with Crippen LogP contribution in [0.4, 0.5) is 13.2 Å². The largest absolute Gasteiger partial charge is 0.480 e. The van der Waals surface area contributed by atoms with E-state index in [1.165, 1.54) is 11.8 Å². The number of carbonyl (C=O) groups is 3. The molecule has 0 atom stereocenters. The average Bonchev–Trinajstić information content (AvgIpc) is 2.60. The molecule has 0 unspecified atom stereocenters. The van der Waals surface area contributed by atoms with Crippen molar-refractivity contribution >= 4 is 29.5 Å². The quantitative estimate of drug-likeness (QED) is 0.773. The first kappa shape index (κ1) is 15.6. The van der Waals surface area contributed by atoms with E-state index in [0.29, 0.717) is 0 Å². The highest BCUT2D eigenvalue weighted by molar-refractivity contribution is 8.00. The summed E-state index contributed by atoms with van der Waals surface area (Å²) in [7, 11) is 0. The molecule has 0 aromatic rings. The Hall–Kier alpha value is -1.45. The molecule has 0 aromatic heterocycles. The van der Waals surface area contributed by atoms with E-state index in [0.717, 1.165) is 4.90 Å². The molecule has 1 saturated heterocycles. The van der Waals surface area contributed by atoms with Gasteiger partial charge in [0.1, 0.15) is 19.6 Å². The lowest BCUT2D eigenvalue weighted by Gasteiger charge is -2.24. The summed E-state index contributed by atoms with van der Waals surface area (Å²) in [5, 5.41) is 8.50. The first-order chi connectivity index (χ1) is 8.69. The molecule has 10 heteroatoms. The predicted molar refractivity (Wildman–Crippen MR) is 59.3 cm³/mol. The molecule has 108 valence electrons. The molecule has 1 heterocycles. The van der Waals surface area contributed by atoms with E-state index in [2.05, 4.69) is 0 Å². The monoisotopic (exact) mass is 300 g/mol. The third-order valence-corrected chi connectivity index (χ3v) is 3.15. The van der Waals surface area contributed by atoms with Crippen LogP contribution in [0, 0.1) is 0 Å². The van der Waals surface area contributed by atoms with Crippen molar-refractivity contribution in [3.63, 3.8) is 0 Å². The highest BCUT2D eigenvalue weighted by Gasteiger charge is 2.35. The lowest BCUT2D eigenvalue weighted by molar-refractivity contribution is -0.166. The van der Waals surface area contributed by atoms with E-state index in [4.69, 9.17) is 5.11 Å². The van der Waals surface area contributed by atoms with E-state index in [1.807, 2.05) is 0 Å². The molecule has 1 rings (SSSR count). The lowest BCUT2D eigenvalue weighted by Crippen LogP contribution is -2.46. The van der Waals surface area contributed by atoms with Gasteiger partial charge in [-0.3, -0.25) is 14.4 Å². The standard InChI is InChI=1S/C9H11F3N2O4S/c10-9(11,12)4-13(2-8(17)18)6(15)1-14-5-19-3-7(14)16/h1-5H2,(H,17,18). The fourth-order valence-corrected chi connectivity index (χ4v) is 2.32. The van der Waals surface area contributed by atoms with Crippen LogP contribution in [-0.2, 0) is 14.4 Å². The molecule has 0 spiro atoms. The predicted octanol–water partition coefficient (Wildman–Crippen LogP) is -0.00520. The smallest absolute Gasteiger partial charge is 0.406 e. The second-order valence-electron chi connectivity index (χ2n) is 3.83. The number of thioether (sulfide) groups is 1. The molecule has 0 aliphatic carbocycles. The molecule has 1 N–H and O–H groups in total. The maximum atomic E-state index is 12.2. The molecule has 1 fully saturated rings. The van der Waals surface area contributed by atoms with Gasteiger partial charge in [-0.2, -0.15) is 13.2 Å². The van der Waals surface area contributed by atoms with Gasteiger partial charge in [0.2, 0.25) is 11.8 Å². The molecule has 19 heavy (non-hydrogen) atoms. The third kappa shape index (κ3) is 5.37. The number of hydrogen-bond donors (Lipinski definition) is 1. The second kappa shape index (κ2) is 6.13. The molecule has 0 radical (unpaired) electrons. The zero-order valence-corrected chi connectivity index (χ0v) is 10.5. The van der Waals surface area contributed by atoms with Crippen LogP contribution >= 0.6 is 11.8 Å². The van der Waals surface area contributed by atoms with Gasteiger partial charge in [-0.25, -0.2) is 0 Å². The van der Waals surface area contributed by atoms with Gasteiger partial charge in [-0.1, -0.05) is 0 Å². The number of carboxylic acids is 1. The Morgan fingerprint density at radius 1 is 1.42 bits per heavy atom. The molecule has 6 nitrogen and oxygen atoms in total. The molecule has 1 aliphatic rings. The maximum absolute atomic E-state index is 12.2. The van der Waals surface area contributed by atoms with Crippen LogP contribution in [0.25, 0.3) is 0 Å².